The van der Waals surface area contributed by atoms with Gasteiger partial charge in [-0.25, -0.2) is 0 Å². The van der Waals surface area contributed by atoms with Crippen LogP contribution >= 0.6 is 0 Å². The number of aliphatic hydroxyl groups excluding tert-OH is 1. The van der Waals surface area contributed by atoms with E-state index in [0.29, 0.717) is 11.3 Å². The summed E-state index contributed by atoms with van der Waals surface area (Å²) in [5, 5.41) is 10.1. The Labute approximate surface area is 252 Å². The SMILES string of the molecule is C=C1CCCC(C)(C)[C@H]1/C=C/C(C)=C/C=C/C(C)=C/C=C/C=C(C)/C=C/C=C(C)/C=C/C1=C(C)C[C@@H](O)CC1(C)C. The van der Waals surface area contributed by atoms with Gasteiger partial charge >= 0.3 is 0 Å². The van der Waals surface area contributed by atoms with Gasteiger partial charge in [0.05, 0.1) is 6.10 Å². The lowest BCUT2D eigenvalue weighted by molar-refractivity contribution is 0.116. The van der Waals surface area contributed by atoms with Crippen LogP contribution in [0.1, 0.15) is 94.4 Å². The predicted molar refractivity (Wildman–Crippen MR) is 183 cm³/mol. The van der Waals surface area contributed by atoms with Gasteiger partial charge in [0.15, 0.2) is 0 Å². The standard InChI is InChI=1S/C40H56O/c1-30(18-13-20-32(3)23-25-37-34(5)22-15-27-39(37,7)8)16-11-12-17-31(2)19-14-21-33(4)24-26-38-35(6)28-36(41)29-40(38,9)10/h11-14,16-21,23-26,36-37,41H,5,15,22,27-29H2,1-4,6-10H3/b12-11+,18-13+,19-14+,25-23+,26-24+,30-16+,31-17+,32-20+,33-21+/t36-,37+/m1/s1. The number of allylic oxidation sites excluding steroid dienone is 20. The molecule has 0 unspecified atom stereocenters. The molecule has 2 atom stereocenters. The molecule has 1 fully saturated rings. The van der Waals surface area contributed by atoms with E-state index in [0.717, 1.165) is 19.3 Å². The fourth-order valence-electron chi connectivity index (χ4n) is 6.01. The molecule has 0 radical (unpaired) electrons. The zero-order chi connectivity index (χ0) is 30.6. The average molecular weight is 553 g/mol. The normalized spacial score (nSPS) is 25.3. The fraction of sp³-hybridized carbons (Fsp3) is 0.450. The van der Waals surface area contributed by atoms with E-state index >= 15 is 0 Å². The molecule has 0 saturated heterocycles. The van der Waals surface area contributed by atoms with Crippen molar-refractivity contribution < 1.29 is 5.11 Å². The van der Waals surface area contributed by atoms with E-state index in [1.54, 1.807) is 0 Å². The van der Waals surface area contributed by atoms with Crippen molar-refractivity contribution in [1.82, 2.24) is 0 Å². The Morgan fingerprint density at radius 1 is 0.780 bits per heavy atom. The van der Waals surface area contributed by atoms with Crippen molar-refractivity contribution in [3.63, 3.8) is 0 Å². The van der Waals surface area contributed by atoms with E-state index in [1.165, 1.54) is 51.9 Å². The molecule has 0 aromatic rings. The number of aliphatic hydroxyl groups is 1. The van der Waals surface area contributed by atoms with E-state index < -0.39 is 0 Å². The maximum absolute atomic E-state index is 10.1. The predicted octanol–water partition coefficient (Wildman–Crippen LogP) is 11.4. The van der Waals surface area contributed by atoms with Crippen molar-refractivity contribution in [1.29, 1.82) is 0 Å². The topological polar surface area (TPSA) is 20.2 Å². The monoisotopic (exact) mass is 552 g/mol. The lowest BCUT2D eigenvalue weighted by atomic mass is 9.66. The molecule has 1 N–H and O–H groups in total. The maximum Gasteiger partial charge on any atom is 0.0585 e. The van der Waals surface area contributed by atoms with Gasteiger partial charge in [0.25, 0.3) is 0 Å². The molecule has 2 aliphatic carbocycles. The Kier molecular flexibility index (Phi) is 13.3. The van der Waals surface area contributed by atoms with E-state index in [9.17, 15) is 5.11 Å². The van der Waals surface area contributed by atoms with Gasteiger partial charge in [-0.3, -0.25) is 0 Å². The van der Waals surface area contributed by atoms with Gasteiger partial charge in [-0.15, -0.1) is 0 Å². The van der Waals surface area contributed by atoms with Crippen molar-refractivity contribution in [2.24, 2.45) is 16.7 Å². The van der Waals surface area contributed by atoms with Crippen LogP contribution in [0.5, 0.6) is 0 Å². The van der Waals surface area contributed by atoms with Gasteiger partial charge in [0, 0.05) is 5.92 Å². The van der Waals surface area contributed by atoms with Gasteiger partial charge in [-0.2, -0.15) is 0 Å². The zero-order valence-electron chi connectivity index (χ0n) is 27.4. The highest BCUT2D eigenvalue weighted by Gasteiger charge is 2.33. The van der Waals surface area contributed by atoms with E-state index in [2.05, 4.69) is 154 Å². The molecule has 41 heavy (non-hydrogen) atoms. The van der Waals surface area contributed by atoms with E-state index in [1.807, 2.05) is 0 Å². The van der Waals surface area contributed by atoms with Crippen LogP contribution in [0.2, 0.25) is 0 Å². The van der Waals surface area contributed by atoms with E-state index in [4.69, 9.17) is 0 Å². The third-order valence-corrected chi connectivity index (χ3v) is 8.41. The van der Waals surface area contributed by atoms with Gasteiger partial charge in [0.1, 0.15) is 0 Å². The molecule has 0 aromatic heterocycles. The Hall–Kier alpha value is -2.90. The number of hydrogen-bond acceptors (Lipinski definition) is 1. The number of hydrogen-bond donors (Lipinski definition) is 1. The maximum atomic E-state index is 10.1. The van der Waals surface area contributed by atoms with Crippen LogP contribution in [-0.4, -0.2) is 11.2 Å². The van der Waals surface area contributed by atoms with Crippen LogP contribution in [-0.2, 0) is 0 Å². The van der Waals surface area contributed by atoms with Crippen molar-refractivity contribution in [2.45, 2.75) is 101 Å². The molecule has 1 saturated carbocycles. The second-order valence-corrected chi connectivity index (χ2v) is 13.6. The first-order chi connectivity index (χ1) is 19.2. The van der Waals surface area contributed by atoms with Gasteiger partial charge in [-0.05, 0) is 83.1 Å². The third kappa shape index (κ3) is 11.9. The molecule has 0 aromatic carbocycles. The molecule has 0 bridgehead atoms. The van der Waals surface area contributed by atoms with E-state index in [-0.39, 0.29) is 11.5 Å². The molecule has 0 heterocycles. The zero-order valence-corrected chi connectivity index (χ0v) is 27.4. The molecule has 2 rings (SSSR count). The van der Waals surface area contributed by atoms with Crippen molar-refractivity contribution in [3.05, 3.63) is 131 Å². The first-order valence-corrected chi connectivity index (χ1v) is 15.4. The summed E-state index contributed by atoms with van der Waals surface area (Å²) in [5.74, 6) is 0.469. The fourth-order valence-corrected chi connectivity index (χ4v) is 6.01. The summed E-state index contributed by atoms with van der Waals surface area (Å²) in [6, 6.07) is 0. The average Bonchev–Trinajstić information content (AvgIpc) is 2.84. The second kappa shape index (κ2) is 15.9. The minimum atomic E-state index is -0.221. The highest BCUT2D eigenvalue weighted by molar-refractivity contribution is 5.38. The van der Waals surface area contributed by atoms with Crippen LogP contribution in [0.25, 0.3) is 0 Å². The largest absolute Gasteiger partial charge is 0.393 e. The molecular weight excluding hydrogens is 496 g/mol. The smallest absolute Gasteiger partial charge is 0.0585 e. The van der Waals surface area contributed by atoms with Crippen LogP contribution in [0.15, 0.2) is 131 Å². The van der Waals surface area contributed by atoms with Gasteiger partial charge in [0.2, 0.25) is 0 Å². The summed E-state index contributed by atoms with van der Waals surface area (Å²) in [5.41, 5.74) is 9.22. The highest BCUT2D eigenvalue weighted by atomic mass is 16.3. The summed E-state index contributed by atoms with van der Waals surface area (Å²) < 4.78 is 0. The second-order valence-electron chi connectivity index (χ2n) is 13.6. The molecule has 0 spiro atoms. The summed E-state index contributed by atoms with van der Waals surface area (Å²) in [6.45, 7) is 24.2. The van der Waals surface area contributed by atoms with Crippen LogP contribution in [0.4, 0.5) is 0 Å². The van der Waals surface area contributed by atoms with Crippen LogP contribution in [0, 0.1) is 16.7 Å². The summed E-state index contributed by atoms with van der Waals surface area (Å²) in [6.07, 6.45) is 35.4. The Bertz CT molecular complexity index is 1220. The lowest BCUT2D eigenvalue weighted by Crippen LogP contribution is -2.28. The molecule has 1 nitrogen and oxygen atoms in total. The summed E-state index contributed by atoms with van der Waals surface area (Å²) >= 11 is 0. The van der Waals surface area contributed by atoms with Crippen LogP contribution < -0.4 is 0 Å². The van der Waals surface area contributed by atoms with Crippen molar-refractivity contribution in [3.8, 4) is 0 Å². The minimum absolute atomic E-state index is 0.0116. The first-order valence-electron chi connectivity index (χ1n) is 15.4. The quantitative estimate of drug-likeness (QED) is 0.211. The van der Waals surface area contributed by atoms with Crippen LogP contribution in [0.3, 0.4) is 0 Å². The highest BCUT2D eigenvalue weighted by Crippen LogP contribution is 2.44. The molecular formula is C40H56O. The van der Waals surface area contributed by atoms with Gasteiger partial charge in [-0.1, -0.05) is 153 Å². The van der Waals surface area contributed by atoms with Crippen molar-refractivity contribution in [2.75, 3.05) is 0 Å². The molecule has 222 valence electrons. The summed E-state index contributed by atoms with van der Waals surface area (Å²) in [4.78, 5) is 0. The summed E-state index contributed by atoms with van der Waals surface area (Å²) in [7, 11) is 0. The molecule has 2 aliphatic rings. The Morgan fingerprint density at radius 2 is 1.29 bits per heavy atom. The molecule has 1 heteroatoms. The Morgan fingerprint density at radius 3 is 1.83 bits per heavy atom. The Balaban J connectivity index is 1.88. The number of rotatable bonds is 10. The molecule has 0 amide bonds. The van der Waals surface area contributed by atoms with Crippen molar-refractivity contribution >= 4 is 0 Å². The van der Waals surface area contributed by atoms with Gasteiger partial charge < -0.3 is 5.11 Å². The molecule has 0 aliphatic heterocycles. The minimum Gasteiger partial charge on any atom is -0.393 e. The third-order valence-electron chi connectivity index (χ3n) is 8.41. The first kappa shape index (κ1) is 34.3. The lowest BCUT2D eigenvalue weighted by Gasteiger charge is -2.38.